The zero-order valence-corrected chi connectivity index (χ0v) is 38.8. The third-order valence-electron chi connectivity index (χ3n) is 14.5. The van der Waals surface area contributed by atoms with Gasteiger partial charge in [-0.3, -0.25) is 0 Å². The molecular weight excluding hydrogens is 819 g/mol. The Bertz CT molecular complexity index is 3530. The highest BCUT2D eigenvalue weighted by molar-refractivity contribution is 6.11. The molecule has 0 saturated heterocycles. The Kier molecular flexibility index (Phi) is 10.1. The van der Waals surface area contributed by atoms with Crippen LogP contribution in [-0.4, -0.2) is 0 Å². The Morgan fingerprint density at radius 3 is 1.81 bits per heavy atom. The van der Waals surface area contributed by atoms with Crippen LogP contribution in [0.15, 0.2) is 242 Å². The molecule has 68 heavy (non-hydrogen) atoms. The highest BCUT2D eigenvalue weighted by atomic mass is 15.2. The van der Waals surface area contributed by atoms with Crippen molar-refractivity contribution in [1.29, 1.82) is 0 Å². The number of hydrogen-bond acceptors (Lipinski definition) is 1. The van der Waals surface area contributed by atoms with Crippen molar-refractivity contribution in [1.82, 2.24) is 0 Å². The van der Waals surface area contributed by atoms with E-state index in [0.717, 1.165) is 46.1 Å². The van der Waals surface area contributed by atoms with E-state index in [-0.39, 0.29) is 5.41 Å². The Hall–Kier alpha value is -8.18. The van der Waals surface area contributed by atoms with Gasteiger partial charge in [-0.2, -0.15) is 0 Å². The van der Waals surface area contributed by atoms with Gasteiger partial charge in [-0.1, -0.05) is 233 Å². The van der Waals surface area contributed by atoms with E-state index < -0.39 is 5.41 Å². The van der Waals surface area contributed by atoms with Crippen LogP contribution in [0.2, 0.25) is 0 Å². The molecule has 2 aliphatic carbocycles. The molecule has 0 spiro atoms. The topological polar surface area (TPSA) is 3.24 Å². The average molecular weight is 870 g/mol. The van der Waals surface area contributed by atoms with Gasteiger partial charge in [0.05, 0.1) is 16.8 Å². The lowest BCUT2D eigenvalue weighted by Crippen LogP contribution is -2.31. The summed E-state index contributed by atoms with van der Waals surface area (Å²) < 4.78 is 0. The molecule has 12 rings (SSSR count). The molecule has 2 aliphatic rings. The summed E-state index contributed by atoms with van der Waals surface area (Å²) >= 11 is 0. The van der Waals surface area contributed by atoms with Gasteiger partial charge in [0.25, 0.3) is 0 Å². The number of hydrogen-bond donors (Lipinski definition) is 0. The maximum atomic E-state index is 3.68. The summed E-state index contributed by atoms with van der Waals surface area (Å²) in [7, 11) is 0. The molecule has 0 unspecified atom stereocenters. The maximum Gasteiger partial charge on any atom is 0.0676 e. The van der Waals surface area contributed by atoms with E-state index in [1.54, 1.807) is 0 Å². The molecule has 0 aliphatic heterocycles. The summed E-state index contributed by atoms with van der Waals surface area (Å²) in [5.41, 5.74) is 19.4. The van der Waals surface area contributed by atoms with E-state index in [0.29, 0.717) is 0 Å². The van der Waals surface area contributed by atoms with Crippen molar-refractivity contribution >= 4 is 38.5 Å². The molecule has 10 aromatic rings. The average Bonchev–Trinajstić information content (AvgIpc) is 3.69. The second kappa shape index (κ2) is 16.6. The smallest absolute Gasteiger partial charge is 0.0676 e. The minimum absolute atomic E-state index is 0.0691. The van der Waals surface area contributed by atoms with Crippen molar-refractivity contribution < 1.29 is 0 Å². The normalized spacial score (nSPS) is 14.0. The first-order valence-corrected chi connectivity index (χ1v) is 24.0. The second-order valence-corrected chi connectivity index (χ2v) is 19.4. The fraction of sp³-hybridized carbons (Fsp3) is 0.104. The molecule has 1 nitrogen and oxygen atoms in total. The lowest BCUT2D eigenvalue weighted by molar-refractivity contribution is 0.590. The molecule has 0 N–H and O–H groups in total. The van der Waals surface area contributed by atoms with Crippen LogP contribution in [0.1, 0.15) is 61.4 Å². The van der Waals surface area contributed by atoms with Gasteiger partial charge < -0.3 is 4.90 Å². The molecule has 0 aromatic heterocycles. The minimum Gasteiger partial charge on any atom is -0.313 e. The summed E-state index contributed by atoms with van der Waals surface area (Å²) in [4.78, 5) is 2.60. The molecule has 0 saturated carbocycles. The zero-order valence-electron chi connectivity index (χ0n) is 38.8. The number of rotatable bonds is 8. The third-order valence-corrected chi connectivity index (χ3v) is 14.5. The molecule has 0 fully saturated rings. The molecule has 0 radical (unpaired) electrons. The molecule has 0 amide bonds. The summed E-state index contributed by atoms with van der Waals surface area (Å²) in [5.74, 6) is 0. The van der Waals surface area contributed by atoms with E-state index in [2.05, 4.69) is 268 Å². The molecule has 1 heteroatoms. The van der Waals surface area contributed by atoms with Gasteiger partial charge in [0.2, 0.25) is 0 Å². The van der Waals surface area contributed by atoms with Crippen LogP contribution in [-0.2, 0) is 10.8 Å². The standard InChI is InChI=1S/C67H51N/c1-66(2,3)51-38-34-46(35-39-51)50-37-42-63(59(44-50)48-20-7-4-8-21-48)68(64-43-36-49-23-14-16-30-56(49)65(64)58-32-19-24-47-22-13-15-29-55(47)58)54-40-41-62-60(45-54)57-31-17-18-33-61(57)67(62,52-25-9-5-10-26-52)53-27-11-6-12-28-53/h4-18,20-31,33-39,42-45H,40-41H2,1-3H3. The van der Waals surface area contributed by atoms with Crippen LogP contribution < -0.4 is 4.90 Å². The van der Waals surface area contributed by atoms with Crippen molar-refractivity contribution in [3.05, 3.63) is 282 Å². The third kappa shape index (κ3) is 6.79. The van der Waals surface area contributed by atoms with Crippen molar-refractivity contribution in [2.45, 2.75) is 44.4 Å². The van der Waals surface area contributed by atoms with Crippen LogP contribution >= 0.6 is 0 Å². The Balaban J connectivity index is 1.16. The number of benzene rings is 9. The summed E-state index contributed by atoms with van der Waals surface area (Å²) in [6, 6.07) is 90.1. The van der Waals surface area contributed by atoms with E-state index in [4.69, 9.17) is 0 Å². The predicted octanol–water partition coefficient (Wildman–Crippen LogP) is 17.5. The lowest BCUT2D eigenvalue weighted by Gasteiger charge is -2.38. The zero-order chi connectivity index (χ0) is 45.8. The van der Waals surface area contributed by atoms with Crippen molar-refractivity contribution in [3.8, 4) is 33.4 Å². The minimum atomic E-state index is -0.428. The van der Waals surface area contributed by atoms with Gasteiger partial charge in [0.1, 0.15) is 0 Å². The summed E-state index contributed by atoms with van der Waals surface area (Å²) in [6.45, 7) is 6.83. The number of anilines is 2. The fourth-order valence-electron chi connectivity index (χ4n) is 11.3. The molecule has 10 aromatic carbocycles. The summed E-state index contributed by atoms with van der Waals surface area (Å²) in [5, 5.41) is 4.67. The van der Waals surface area contributed by atoms with Crippen LogP contribution in [0, 0.1) is 12.1 Å². The van der Waals surface area contributed by atoms with E-state index in [1.807, 2.05) is 0 Å². The molecule has 324 valence electrons. The fourth-order valence-corrected chi connectivity index (χ4v) is 11.3. The van der Waals surface area contributed by atoms with Crippen LogP contribution in [0.25, 0.3) is 60.5 Å². The summed E-state index contributed by atoms with van der Waals surface area (Å²) in [6.07, 6.45) is 4.25. The molecular formula is C67H51N. The second-order valence-electron chi connectivity index (χ2n) is 19.4. The Morgan fingerprint density at radius 1 is 0.485 bits per heavy atom. The number of nitrogens with zero attached hydrogens (tertiary/aromatic N) is 1. The number of fused-ring (bicyclic) bond motifs is 4. The SMILES string of the molecule is CC(C)(C)c1ccc(-c2ccc(N(C3=CC4=C(CC3)C(c3ccccc3)(c3ccccc3)c3ccccc34)c3ccc4ccccc4c3-c3c#ccc4ccccc34)c(-c3ccccc3)c2)cc1. The first kappa shape index (κ1) is 41.3. The predicted molar refractivity (Wildman–Crippen MR) is 286 cm³/mol. The quantitative estimate of drug-likeness (QED) is 0.147. The van der Waals surface area contributed by atoms with Gasteiger partial charge >= 0.3 is 0 Å². The van der Waals surface area contributed by atoms with E-state index in [1.165, 1.54) is 77.7 Å². The van der Waals surface area contributed by atoms with Gasteiger partial charge in [0, 0.05) is 22.4 Å². The molecule has 0 atom stereocenters. The van der Waals surface area contributed by atoms with Crippen molar-refractivity contribution in [2.24, 2.45) is 0 Å². The molecule has 0 heterocycles. The van der Waals surface area contributed by atoms with Crippen molar-refractivity contribution in [3.63, 3.8) is 0 Å². The largest absolute Gasteiger partial charge is 0.313 e. The molecule has 0 bridgehead atoms. The van der Waals surface area contributed by atoms with Gasteiger partial charge in [0.15, 0.2) is 0 Å². The monoisotopic (exact) mass is 869 g/mol. The van der Waals surface area contributed by atoms with Gasteiger partial charge in [-0.05, 0) is 126 Å². The van der Waals surface area contributed by atoms with Crippen LogP contribution in [0.3, 0.4) is 0 Å². The highest BCUT2D eigenvalue weighted by Gasteiger charge is 2.48. The van der Waals surface area contributed by atoms with E-state index >= 15 is 0 Å². The van der Waals surface area contributed by atoms with Crippen LogP contribution in [0.4, 0.5) is 11.4 Å². The van der Waals surface area contributed by atoms with Gasteiger partial charge in [-0.15, -0.1) is 0 Å². The van der Waals surface area contributed by atoms with E-state index in [9.17, 15) is 0 Å². The number of allylic oxidation sites excluding steroid dienone is 4. The van der Waals surface area contributed by atoms with Gasteiger partial charge in [-0.25, -0.2) is 0 Å². The lowest BCUT2D eigenvalue weighted by atomic mass is 9.65. The first-order chi connectivity index (χ1) is 33.4. The Morgan fingerprint density at radius 2 is 1.09 bits per heavy atom. The van der Waals surface area contributed by atoms with Crippen LogP contribution in [0.5, 0.6) is 0 Å². The maximum absolute atomic E-state index is 3.68. The highest BCUT2D eigenvalue weighted by Crippen LogP contribution is 2.59. The first-order valence-electron chi connectivity index (χ1n) is 24.0. The van der Waals surface area contributed by atoms with Crippen molar-refractivity contribution in [2.75, 3.05) is 4.90 Å². The Labute approximate surface area is 401 Å².